The summed E-state index contributed by atoms with van der Waals surface area (Å²) < 4.78 is 0. The highest BCUT2D eigenvalue weighted by atomic mass is 15.1. The van der Waals surface area contributed by atoms with Crippen molar-refractivity contribution in [3.8, 4) is 0 Å². The maximum Gasteiger partial charge on any atom is 0.0457 e. The lowest BCUT2D eigenvalue weighted by Gasteiger charge is -2.22. The number of aromatic nitrogens is 1. The molecule has 0 saturated heterocycles. The topological polar surface area (TPSA) is 19.0 Å². The summed E-state index contributed by atoms with van der Waals surface area (Å²) in [6.45, 7) is 5.41. The lowest BCUT2D eigenvalue weighted by molar-refractivity contribution is 0.253. The van der Waals surface area contributed by atoms with Crippen LogP contribution >= 0.6 is 0 Å². The molecule has 22 heavy (non-hydrogen) atoms. The first-order valence-electron chi connectivity index (χ1n) is 8.18. The van der Waals surface area contributed by atoms with Crippen LogP contribution in [0.4, 0.5) is 0 Å². The largest absolute Gasteiger partial charge is 0.361 e. The molecule has 3 rings (SSSR count). The second kappa shape index (κ2) is 7.28. The molecule has 0 unspecified atom stereocenters. The lowest BCUT2D eigenvalue weighted by atomic mass is 10.1. The Hall–Kier alpha value is -2.06. The van der Waals surface area contributed by atoms with E-state index in [4.69, 9.17) is 0 Å². The zero-order valence-electron chi connectivity index (χ0n) is 13.3. The van der Waals surface area contributed by atoms with Crippen LogP contribution in [0.2, 0.25) is 0 Å². The van der Waals surface area contributed by atoms with Crippen LogP contribution in [-0.4, -0.2) is 16.4 Å². The molecular formula is C20H24N2. The monoisotopic (exact) mass is 292 g/mol. The molecule has 1 N–H and O–H groups in total. The predicted octanol–water partition coefficient (Wildman–Crippen LogP) is 4.97. The van der Waals surface area contributed by atoms with Crippen molar-refractivity contribution in [1.29, 1.82) is 0 Å². The number of H-pyrrole nitrogens is 1. The number of nitrogens with zero attached hydrogens (tertiary/aromatic N) is 1. The van der Waals surface area contributed by atoms with Gasteiger partial charge in [-0.3, -0.25) is 4.90 Å². The lowest BCUT2D eigenvalue weighted by Crippen LogP contribution is -2.23. The smallest absolute Gasteiger partial charge is 0.0457 e. The Morgan fingerprint density at radius 1 is 0.909 bits per heavy atom. The van der Waals surface area contributed by atoms with Crippen molar-refractivity contribution in [3.05, 3.63) is 71.9 Å². The molecule has 2 heteroatoms. The molecule has 0 fully saturated rings. The minimum Gasteiger partial charge on any atom is -0.361 e. The SMILES string of the molecule is CCCCN(Cc1ccccc1)Cc1c[nH]c2ccccc12. The Labute approximate surface area is 132 Å². The van der Waals surface area contributed by atoms with Gasteiger partial charge in [-0.15, -0.1) is 0 Å². The molecule has 114 valence electrons. The first kappa shape index (κ1) is 14.9. The van der Waals surface area contributed by atoms with E-state index in [-0.39, 0.29) is 0 Å². The zero-order valence-corrected chi connectivity index (χ0v) is 13.3. The van der Waals surface area contributed by atoms with Crippen molar-refractivity contribution in [2.24, 2.45) is 0 Å². The van der Waals surface area contributed by atoms with E-state index >= 15 is 0 Å². The van der Waals surface area contributed by atoms with Gasteiger partial charge in [0.15, 0.2) is 0 Å². The van der Waals surface area contributed by atoms with E-state index in [1.807, 2.05) is 0 Å². The Morgan fingerprint density at radius 3 is 2.50 bits per heavy atom. The molecule has 0 radical (unpaired) electrons. The Balaban J connectivity index is 1.77. The summed E-state index contributed by atoms with van der Waals surface area (Å²) in [6, 6.07) is 19.3. The maximum atomic E-state index is 3.39. The van der Waals surface area contributed by atoms with Crippen LogP contribution in [0.15, 0.2) is 60.8 Å². The maximum absolute atomic E-state index is 3.39. The van der Waals surface area contributed by atoms with Gasteiger partial charge in [-0.2, -0.15) is 0 Å². The first-order chi connectivity index (χ1) is 10.9. The minimum atomic E-state index is 0.999. The van der Waals surface area contributed by atoms with Crippen molar-refractivity contribution in [2.45, 2.75) is 32.9 Å². The van der Waals surface area contributed by atoms with E-state index < -0.39 is 0 Å². The zero-order chi connectivity index (χ0) is 15.2. The molecule has 2 nitrogen and oxygen atoms in total. The normalized spacial score (nSPS) is 11.4. The molecule has 1 aromatic heterocycles. The van der Waals surface area contributed by atoms with Crippen molar-refractivity contribution < 1.29 is 0 Å². The highest BCUT2D eigenvalue weighted by Crippen LogP contribution is 2.20. The molecule has 0 spiro atoms. The number of hydrogen-bond donors (Lipinski definition) is 1. The Morgan fingerprint density at radius 2 is 1.68 bits per heavy atom. The van der Waals surface area contributed by atoms with Crippen molar-refractivity contribution in [3.63, 3.8) is 0 Å². The van der Waals surface area contributed by atoms with Gasteiger partial charge in [0, 0.05) is 30.2 Å². The fraction of sp³-hybridized carbons (Fsp3) is 0.300. The summed E-state index contributed by atoms with van der Waals surface area (Å²) in [5.41, 5.74) is 4.01. The average molecular weight is 292 g/mol. The van der Waals surface area contributed by atoms with Crippen LogP contribution in [0.5, 0.6) is 0 Å². The standard InChI is InChI=1S/C20H24N2/c1-2-3-13-22(15-17-9-5-4-6-10-17)16-18-14-21-20-12-8-7-11-19(18)20/h4-12,14,21H,2-3,13,15-16H2,1H3. The van der Waals surface area contributed by atoms with Gasteiger partial charge in [0.2, 0.25) is 0 Å². The van der Waals surface area contributed by atoms with Gasteiger partial charge in [-0.05, 0) is 30.2 Å². The number of unbranched alkanes of at least 4 members (excludes halogenated alkanes) is 1. The molecule has 0 aliphatic rings. The number of hydrogen-bond acceptors (Lipinski definition) is 1. The van der Waals surface area contributed by atoms with Crippen LogP contribution in [0.1, 0.15) is 30.9 Å². The molecule has 0 saturated carbocycles. The van der Waals surface area contributed by atoms with Crippen LogP contribution in [0.3, 0.4) is 0 Å². The van der Waals surface area contributed by atoms with E-state index in [9.17, 15) is 0 Å². The van der Waals surface area contributed by atoms with Gasteiger partial charge in [0.05, 0.1) is 0 Å². The summed E-state index contributed by atoms with van der Waals surface area (Å²) in [4.78, 5) is 5.94. The summed E-state index contributed by atoms with van der Waals surface area (Å²) in [5.74, 6) is 0. The van der Waals surface area contributed by atoms with Gasteiger partial charge < -0.3 is 4.98 Å². The quantitative estimate of drug-likeness (QED) is 0.651. The number of para-hydroxylation sites is 1. The molecule has 1 heterocycles. The molecule has 0 aliphatic heterocycles. The number of benzene rings is 2. The van der Waals surface area contributed by atoms with Crippen LogP contribution in [0.25, 0.3) is 10.9 Å². The number of nitrogens with one attached hydrogen (secondary N) is 1. The molecule has 2 aromatic carbocycles. The fourth-order valence-corrected chi connectivity index (χ4v) is 2.94. The minimum absolute atomic E-state index is 0.999. The van der Waals surface area contributed by atoms with Gasteiger partial charge in [0.1, 0.15) is 0 Å². The fourth-order valence-electron chi connectivity index (χ4n) is 2.94. The van der Waals surface area contributed by atoms with E-state index in [1.54, 1.807) is 0 Å². The summed E-state index contributed by atoms with van der Waals surface area (Å²) >= 11 is 0. The van der Waals surface area contributed by atoms with Crippen molar-refractivity contribution in [1.82, 2.24) is 9.88 Å². The summed E-state index contributed by atoms with van der Waals surface area (Å²) in [6.07, 6.45) is 4.64. The molecule has 0 amide bonds. The summed E-state index contributed by atoms with van der Waals surface area (Å²) in [5, 5.41) is 1.34. The van der Waals surface area contributed by atoms with Gasteiger partial charge in [-0.1, -0.05) is 61.9 Å². The third-order valence-corrected chi connectivity index (χ3v) is 4.15. The molecule has 0 aliphatic carbocycles. The van der Waals surface area contributed by atoms with Gasteiger partial charge in [0.25, 0.3) is 0 Å². The highest BCUT2D eigenvalue weighted by Gasteiger charge is 2.10. The first-order valence-corrected chi connectivity index (χ1v) is 8.18. The Bertz CT molecular complexity index is 700. The van der Waals surface area contributed by atoms with E-state index in [0.717, 1.165) is 19.6 Å². The van der Waals surface area contributed by atoms with E-state index in [2.05, 4.69) is 77.6 Å². The highest BCUT2D eigenvalue weighted by molar-refractivity contribution is 5.82. The molecular weight excluding hydrogens is 268 g/mol. The second-order valence-corrected chi connectivity index (χ2v) is 5.91. The number of aromatic amines is 1. The third kappa shape index (κ3) is 3.58. The second-order valence-electron chi connectivity index (χ2n) is 5.91. The molecule has 0 atom stereocenters. The summed E-state index contributed by atoms with van der Waals surface area (Å²) in [7, 11) is 0. The average Bonchev–Trinajstić information content (AvgIpc) is 2.97. The van der Waals surface area contributed by atoms with Crippen molar-refractivity contribution in [2.75, 3.05) is 6.54 Å². The number of rotatable bonds is 7. The van der Waals surface area contributed by atoms with E-state index in [0.29, 0.717) is 0 Å². The molecule has 3 aromatic rings. The van der Waals surface area contributed by atoms with Gasteiger partial charge >= 0.3 is 0 Å². The number of fused-ring (bicyclic) bond motifs is 1. The Kier molecular flexibility index (Phi) is 4.92. The van der Waals surface area contributed by atoms with Crippen LogP contribution < -0.4 is 0 Å². The van der Waals surface area contributed by atoms with Crippen molar-refractivity contribution >= 4 is 10.9 Å². The van der Waals surface area contributed by atoms with E-state index in [1.165, 1.54) is 34.9 Å². The predicted molar refractivity (Wildman–Crippen MR) is 93.8 cm³/mol. The third-order valence-electron chi connectivity index (χ3n) is 4.15. The van der Waals surface area contributed by atoms with Crippen LogP contribution in [0, 0.1) is 0 Å². The van der Waals surface area contributed by atoms with Gasteiger partial charge in [-0.25, -0.2) is 0 Å². The van der Waals surface area contributed by atoms with Crippen LogP contribution in [-0.2, 0) is 13.1 Å². The molecule has 0 bridgehead atoms.